The Morgan fingerprint density at radius 3 is 2.88 bits per heavy atom. The smallest absolute Gasteiger partial charge is 0.262 e. The average molecular weight is 335 g/mol. The van der Waals surface area contributed by atoms with Crippen molar-refractivity contribution in [3.05, 3.63) is 51.8 Å². The highest BCUT2D eigenvalue weighted by Gasteiger charge is 2.24. The van der Waals surface area contributed by atoms with Crippen molar-refractivity contribution in [3.63, 3.8) is 0 Å². The van der Waals surface area contributed by atoms with Crippen molar-refractivity contribution in [1.82, 2.24) is 4.57 Å². The van der Waals surface area contributed by atoms with E-state index in [0.29, 0.717) is 23.4 Å². The van der Waals surface area contributed by atoms with Gasteiger partial charge in [-0.05, 0) is 54.1 Å². The van der Waals surface area contributed by atoms with Crippen LogP contribution in [0.4, 0.5) is 0 Å². The summed E-state index contributed by atoms with van der Waals surface area (Å²) in [6.07, 6.45) is 0.802. The zero-order valence-corrected chi connectivity index (χ0v) is 14.1. The quantitative estimate of drug-likeness (QED) is 0.685. The highest BCUT2D eigenvalue weighted by Crippen LogP contribution is 2.40. The van der Waals surface area contributed by atoms with Crippen LogP contribution < -0.4 is 19.8 Å². The molecule has 0 atom stereocenters. The molecular weight excluding hydrogens is 318 g/mol. The minimum absolute atomic E-state index is 0.0195. The van der Waals surface area contributed by atoms with E-state index < -0.39 is 0 Å². The fraction of sp³-hybridized carbons (Fsp3) is 0.250. The highest BCUT2D eigenvalue weighted by atomic mass is 16.7. The molecule has 5 rings (SSSR count). The molecule has 3 heterocycles. The molecule has 0 amide bonds. The van der Waals surface area contributed by atoms with Gasteiger partial charge in [0.1, 0.15) is 5.75 Å². The number of benzene rings is 2. The van der Waals surface area contributed by atoms with Crippen LogP contribution in [0.25, 0.3) is 22.0 Å². The molecule has 0 N–H and O–H groups in total. The Morgan fingerprint density at radius 2 is 2.04 bits per heavy atom. The zero-order valence-electron chi connectivity index (χ0n) is 14.1. The molecular formula is C20H17NO4. The Labute approximate surface area is 144 Å². The van der Waals surface area contributed by atoms with Gasteiger partial charge >= 0.3 is 0 Å². The molecule has 0 radical (unpaired) electrons. The van der Waals surface area contributed by atoms with Crippen molar-refractivity contribution in [2.75, 3.05) is 13.9 Å². The summed E-state index contributed by atoms with van der Waals surface area (Å²) in [6.45, 7) is 2.83. The van der Waals surface area contributed by atoms with E-state index in [9.17, 15) is 4.79 Å². The molecule has 126 valence electrons. The molecule has 0 fully saturated rings. The van der Waals surface area contributed by atoms with Crippen LogP contribution in [-0.4, -0.2) is 18.5 Å². The van der Waals surface area contributed by atoms with Crippen LogP contribution in [0.15, 0.2) is 35.1 Å². The second-order valence-corrected chi connectivity index (χ2v) is 6.48. The van der Waals surface area contributed by atoms with Gasteiger partial charge in [-0.2, -0.15) is 0 Å². The van der Waals surface area contributed by atoms with Gasteiger partial charge < -0.3 is 18.8 Å². The molecule has 0 bridgehead atoms. The van der Waals surface area contributed by atoms with E-state index in [1.165, 1.54) is 5.56 Å². The van der Waals surface area contributed by atoms with Gasteiger partial charge in [-0.1, -0.05) is 6.07 Å². The molecule has 5 heteroatoms. The minimum Gasteiger partial charge on any atom is -0.496 e. The first-order chi connectivity index (χ1) is 12.2. The Balaban J connectivity index is 1.83. The van der Waals surface area contributed by atoms with E-state index in [0.717, 1.165) is 34.4 Å². The normalized spacial score (nSPS) is 14.3. The maximum absolute atomic E-state index is 13.2. The molecule has 2 aliphatic heterocycles. The van der Waals surface area contributed by atoms with Crippen LogP contribution in [0.5, 0.6) is 17.2 Å². The largest absolute Gasteiger partial charge is 0.496 e. The Kier molecular flexibility index (Phi) is 2.89. The summed E-state index contributed by atoms with van der Waals surface area (Å²) < 4.78 is 18.3. The third-order valence-corrected chi connectivity index (χ3v) is 5.11. The zero-order chi connectivity index (χ0) is 17.1. The predicted molar refractivity (Wildman–Crippen MR) is 94.8 cm³/mol. The number of rotatable bonds is 1. The Morgan fingerprint density at radius 1 is 1.16 bits per heavy atom. The molecule has 5 nitrogen and oxygen atoms in total. The number of nitrogens with zero attached hydrogens (tertiary/aromatic N) is 1. The van der Waals surface area contributed by atoms with Gasteiger partial charge in [0.05, 0.1) is 18.2 Å². The summed E-state index contributed by atoms with van der Waals surface area (Å²) in [5.74, 6) is 2.09. The highest BCUT2D eigenvalue weighted by molar-refractivity contribution is 5.93. The number of methoxy groups -OCH3 is 1. The molecule has 2 aliphatic rings. The number of hydrogen-bond donors (Lipinski definition) is 0. The van der Waals surface area contributed by atoms with Crippen LogP contribution in [-0.2, 0) is 13.0 Å². The first-order valence-corrected chi connectivity index (χ1v) is 8.31. The molecule has 2 aromatic carbocycles. The number of fused-ring (bicyclic) bond motifs is 6. The van der Waals surface area contributed by atoms with Crippen molar-refractivity contribution < 1.29 is 14.2 Å². The van der Waals surface area contributed by atoms with Gasteiger partial charge in [0.2, 0.25) is 6.79 Å². The molecule has 0 saturated carbocycles. The number of hydrogen-bond acceptors (Lipinski definition) is 4. The fourth-order valence-corrected chi connectivity index (χ4v) is 3.87. The van der Waals surface area contributed by atoms with Crippen LogP contribution in [0.2, 0.25) is 0 Å². The Bertz CT molecular complexity index is 1100. The summed E-state index contributed by atoms with van der Waals surface area (Å²) in [4.78, 5) is 13.2. The van der Waals surface area contributed by atoms with E-state index in [-0.39, 0.29) is 12.4 Å². The van der Waals surface area contributed by atoms with Gasteiger partial charge in [-0.15, -0.1) is 0 Å². The third-order valence-electron chi connectivity index (χ3n) is 5.11. The molecule has 1 aromatic heterocycles. The SMILES string of the molecule is COc1cc2c(cc1C)-c1cc3ccc4c(c3c(=O)n1CC2)OCO4. The first-order valence-electron chi connectivity index (χ1n) is 8.31. The van der Waals surface area contributed by atoms with Gasteiger partial charge in [0.15, 0.2) is 11.5 Å². The summed E-state index contributed by atoms with van der Waals surface area (Å²) >= 11 is 0. The van der Waals surface area contributed by atoms with Crippen molar-refractivity contribution in [2.45, 2.75) is 19.9 Å². The number of aryl methyl sites for hydroxylation is 2. The van der Waals surface area contributed by atoms with E-state index in [1.54, 1.807) is 7.11 Å². The van der Waals surface area contributed by atoms with E-state index in [4.69, 9.17) is 14.2 Å². The number of aromatic nitrogens is 1. The van der Waals surface area contributed by atoms with Crippen molar-refractivity contribution >= 4 is 10.8 Å². The lowest BCUT2D eigenvalue weighted by Gasteiger charge is -2.24. The van der Waals surface area contributed by atoms with Crippen molar-refractivity contribution in [1.29, 1.82) is 0 Å². The lowest BCUT2D eigenvalue weighted by molar-refractivity contribution is 0.174. The van der Waals surface area contributed by atoms with Gasteiger partial charge in [0, 0.05) is 12.1 Å². The minimum atomic E-state index is -0.0195. The van der Waals surface area contributed by atoms with Crippen LogP contribution >= 0.6 is 0 Å². The summed E-state index contributed by atoms with van der Waals surface area (Å²) in [5, 5.41) is 1.48. The summed E-state index contributed by atoms with van der Waals surface area (Å²) in [6, 6.07) is 10.1. The molecule has 25 heavy (non-hydrogen) atoms. The molecule has 0 saturated heterocycles. The van der Waals surface area contributed by atoms with Crippen molar-refractivity contribution in [3.8, 4) is 28.5 Å². The van der Waals surface area contributed by atoms with E-state index in [1.807, 2.05) is 23.6 Å². The standard InChI is InChI=1S/C20H17NO4/c1-11-7-14-12(9-17(11)23-2)5-6-21-15(14)8-13-3-4-16-19(25-10-24-16)18(13)20(21)22/h3-4,7-9H,5-6,10H2,1-2H3. The number of pyridine rings is 1. The average Bonchev–Trinajstić information content (AvgIpc) is 3.10. The molecule has 3 aromatic rings. The van der Waals surface area contributed by atoms with Crippen LogP contribution in [0.3, 0.4) is 0 Å². The number of ether oxygens (including phenoxy) is 3. The molecule has 0 aliphatic carbocycles. The lowest BCUT2D eigenvalue weighted by Crippen LogP contribution is -2.26. The molecule has 0 unspecified atom stereocenters. The topological polar surface area (TPSA) is 49.7 Å². The van der Waals surface area contributed by atoms with E-state index >= 15 is 0 Å². The summed E-state index contributed by atoms with van der Waals surface area (Å²) in [7, 11) is 1.69. The first kappa shape index (κ1) is 14.4. The second kappa shape index (κ2) is 5.02. The maximum atomic E-state index is 13.2. The Hall–Kier alpha value is -2.95. The fourth-order valence-electron chi connectivity index (χ4n) is 3.87. The van der Waals surface area contributed by atoms with Gasteiger partial charge in [-0.3, -0.25) is 4.79 Å². The monoisotopic (exact) mass is 335 g/mol. The predicted octanol–water partition coefficient (Wildman–Crippen LogP) is 3.27. The van der Waals surface area contributed by atoms with Crippen molar-refractivity contribution in [2.24, 2.45) is 0 Å². The van der Waals surface area contributed by atoms with E-state index in [2.05, 4.69) is 18.2 Å². The second-order valence-electron chi connectivity index (χ2n) is 6.48. The summed E-state index contributed by atoms with van der Waals surface area (Å²) in [5.41, 5.74) is 4.30. The maximum Gasteiger partial charge on any atom is 0.262 e. The molecule has 0 spiro atoms. The van der Waals surface area contributed by atoms with Gasteiger partial charge in [0.25, 0.3) is 5.56 Å². The third kappa shape index (κ3) is 1.92. The van der Waals surface area contributed by atoms with Crippen LogP contribution in [0.1, 0.15) is 11.1 Å². The lowest BCUT2D eigenvalue weighted by atomic mass is 9.93. The van der Waals surface area contributed by atoms with Crippen LogP contribution in [0, 0.1) is 6.92 Å². The van der Waals surface area contributed by atoms with Gasteiger partial charge in [-0.25, -0.2) is 0 Å².